The summed E-state index contributed by atoms with van der Waals surface area (Å²) in [7, 11) is -3.09. The summed E-state index contributed by atoms with van der Waals surface area (Å²) in [6, 6.07) is 0. The van der Waals surface area contributed by atoms with Crippen LogP contribution < -0.4 is 0 Å². The van der Waals surface area contributed by atoms with Gasteiger partial charge in [0.2, 0.25) is 0 Å². The SMILES string of the molecule is CCCCCCCC1=C2OP(=O)(O1)O2. The standard InChI is InChI=1S/C9H15O4P/c1-2-3-4-5-6-7-8-9-12-14(10,11-8)13-9/h2-7H2,1H3. The number of phosphoric ester groups is 1. The van der Waals surface area contributed by atoms with Gasteiger partial charge >= 0.3 is 13.8 Å². The van der Waals surface area contributed by atoms with Crippen LogP contribution in [0, 0.1) is 0 Å². The van der Waals surface area contributed by atoms with E-state index in [2.05, 4.69) is 6.92 Å². The van der Waals surface area contributed by atoms with E-state index in [1.165, 1.54) is 25.7 Å². The molecule has 3 rings (SSSR count). The predicted octanol–water partition coefficient (Wildman–Crippen LogP) is 3.70. The molecule has 0 aromatic heterocycles. The third-order valence-electron chi connectivity index (χ3n) is 2.35. The second kappa shape index (κ2) is 3.85. The van der Waals surface area contributed by atoms with Crippen molar-refractivity contribution >= 4 is 7.82 Å². The molecule has 0 N–H and O–H groups in total. The highest BCUT2D eigenvalue weighted by molar-refractivity contribution is 7.50. The van der Waals surface area contributed by atoms with Crippen LogP contribution in [0.15, 0.2) is 11.7 Å². The summed E-state index contributed by atoms with van der Waals surface area (Å²) < 4.78 is 25.8. The van der Waals surface area contributed by atoms with E-state index in [9.17, 15) is 4.57 Å². The van der Waals surface area contributed by atoms with E-state index in [4.69, 9.17) is 13.6 Å². The van der Waals surface area contributed by atoms with Gasteiger partial charge in [-0.3, -0.25) is 0 Å². The fourth-order valence-electron chi connectivity index (χ4n) is 1.56. The number of hydrogen-bond donors (Lipinski definition) is 0. The second-order valence-corrected chi connectivity index (χ2v) is 5.04. The largest absolute Gasteiger partial charge is 0.651 e. The number of phosphoric acid groups is 1. The lowest BCUT2D eigenvalue weighted by Crippen LogP contribution is -1.99. The minimum Gasteiger partial charge on any atom is -0.383 e. The molecular formula is C9H15O4P. The Bertz CT molecular complexity index is 285. The van der Waals surface area contributed by atoms with Crippen LogP contribution in [-0.4, -0.2) is 0 Å². The zero-order valence-electron chi connectivity index (χ0n) is 8.32. The monoisotopic (exact) mass is 218 g/mol. The number of unbranched alkanes of at least 4 members (excludes halogenated alkanes) is 4. The molecule has 14 heavy (non-hydrogen) atoms. The van der Waals surface area contributed by atoms with Gasteiger partial charge in [-0.15, -0.1) is 0 Å². The molecule has 0 spiro atoms. The van der Waals surface area contributed by atoms with E-state index < -0.39 is 7.82 Å². The average Bonchev–Trinajstić information content (AvgIpc) is 2.57. The van der Waals surface area contributed by atoms with Crippen molar-refractivity contribution in [3.05, 3.63) is 11.7 Å². The molecule has 5 heteroatoms. The van der Waals surface area contributed by atoms with Crippen LogP contribution in [0.2, 0.25) is 0 Å². The molecule has 2 bridgehead atoms. The molecule has 1 fully saturated rings. The average molecular weight is 218 g/mol. The molecule has 0 atom stereocenters. The molecule has 1 saturated heterocycles. The molecule has 3 aliphatic heterocycles. The molecule has 0 amide bonds. The van der Waals surface area contributed by atoms with Crippen LogP contribution in [0.5, 0.6) is 0 Å². The Balaban J connectivity index is 1.63. The second-order valence-electron chi connectivity index (χ2n) is 3.60. The Labute approximate surface area is 83.8 Å². The topological polar surface area (TPSA) is 44.8 Å². The van der Waals surface area contributed by atoms with Gasteiger partial charge in [0.05, 0.1) is 0 Å². The van der Waals surface area contributed by atoms with Crippen LogP contribution in [0.25, 0.3) is 0 Å². The molecule has 0 aromatic carbocycles. The molecule has 80 valence electrons. The first-order chi connectivity index (χ1) is 6.73. The first-order valence-corrected chi connectivity index (χ1v) is 6.61. The van der Waals surface area contributed by atoms with E-state index in [0.717, 1.165) is 12.8 Å². The molecule has 0 saturated carbocycles. The lowest BCUT2D eigenvalue weighted by Gasteiger charge is -2.15. The van der Waals surface area contributed by atoms with Crippen molar-refractivity contribution in [2.75, 3.05) is 0 Å². The van der Waals surface area contributed by atoms with E-state index in [-0.39, 0.29) is 0 Å². The summed E-state index contributed by atoms with van der Waals surface area (Å²) in [6.07, 6.45) is 6.77. The quantitative estimate of drug-likeness (QED) is 0.503. The van der Waals surface area contributed by atoms with Crippen LogP contribution in [0.4, 0.5) is 0 Å². The van der Waals surface area contributed by atoms with Crippen LogP contribution in [0.3, 0.4) is 0 Å². The van der Waals surface area contributed by atoms with Crippen molar-refractivity contribution in [3.8, 4) is 0 Å². The maximum Gasteiger partial charge on any atom is 0.651 e. The Morgan fingerprint density at radius 3 is 2.36 bits per heavy atom. The molecule has 3 heterocycles. The van der Waals surface area contributed by atoms with E-state index in [0.29, 0.717) is 11.7 Å². The first-order valence-electron chi connectivity index (χ1n) is 5.15. The molecule has 0 aromatic rings. The summed E-state index contributed by atoms with van der Waals surface area (Å²) in [4.78, 5) is 0. The summed E-state index contributed by atoms with van der Waals surface area (Å²) in [5, 5.41) is 0. The van der Waals surface area contributed by atoms with Crippen molar-refractivity contribution in [3.63, 3.8) is 0 Å². The number of allylic oxidation sites excluding steroid dienone is 1. The van der Waals surface area contributed by atoms with Gasteiger partial charge in [-0.1, -0.05) is 32.6 Å². The minimum absolute atomic E-state index is 0.351. The number of hydrogen-bond acceptors (Lipinski definition) is 4. The smallest absolute Gasteiger partial charge is 0.383 e. The normalized spacial score (nSPS) is 20.9. The molecular weight excluding hydrogens is 203 g/mol. The highest BCUT2D eigenvalue weighted by Gasteiger charge is 2.55. The molecule has 0 aliphatic carbocycles. The Morgan fingerprint density at radius 2 is 1.79 bits per heavy atom. The Hall–Kier alpha value is -0.630. The third kappa shape index (κ3) is 1.90. The summed E-state index contributed by atoms with van der Waals surface area (Å²) in [6.45, 7) is 2.19. The van der Waals surface area contributed by atoms with Crippen molar-refractivity contribution in [2.45, 2.75) is 45.4 Å². The lowest BCUT2D eigenvalue weighted by molar-refractivity contribution is 0.0985. The van der Waals surface area contributed by atoms with Gasteiger partial charge in [0, 0.05) is 6.42 Å². The fourth-order valence-corrected chi connectivity index (χ4v) is 2.69. The third-order valence-corrected chi connectivity index (χ3v) is 3.57. The van der Waals surface area contributed by atoms with Crippen LogP contribution >= 0.6 is 7.82 Å². The highest BCUT2D eigenvalue weighted by atomic mass is 31.2. The maximum absolute atomic E-state index is 11.1. The van der Waals surface area contributed by atoms with Gasteiger partial charge in [-0.25, -0.2) is 0 Å². The van der Waals surface area contributed by atoms with Crippen molar-refractivity contribution in [2.24, 2.45) is 0 Å². The minimum atomic E-state index is -3.09. The van der Waals surface area contributed by atoms with Gasteiger partial charge in [-0.2, -0.15) is 4.57 Å². The molecule has 3 aliphatic rings. The zero-order valence-corrected chi connectivity index (χ0v) is 9.22. The summed E-state index contributed by atoms with van der Waals surface area (Å²) in [5.41, 5.74) is 0. The van der Waals surface area contributed by atoms with Gasteiger partial charge in [0.25, 0.3) is 0 Å². The van der Waals surface area contributed by atoms with Gasteiger partial charge in [-0.05, 0) is 6.42 Å². The van der Waals surface area contributed by atoms with Gasteiger partial charge in [0.1, 0.15) is 0 Å². The molecule has 4 nitrogen and oxygen atoms in total. The highest BCUT2D eigenvalue weighted by Crippen LogP contribution is 2.70. The van der Waals surface area contributed by atoms with Crippen LogP contribution in [-0.2, 0) is 18.1 Å². The van der Waals surface area contributed by atoms with Gasteiger partial charge in [0.15, 0.2) is 5.76 Å². The van der Waals surface area contributed by atoms with Crippen molar-refractivity contribution in [1.82, 2.24) is 0 Å². The Kier molecular flexibility index (Phi) is 2.73. The van der Waals surface area contributed by atoms with Crippen molar-refractivity contribution in [1.29, 1.82) is 0 Å². The first kappa shape index (κ1) is 9.91. The number of fused-ring (bicyclic) bond motifs is 1. The Morgan fingerprint density at radius 1 is 1.07 bits per heavy atom. The molecule has 0 unspecified atom stereocenters. The van der Waals surface area contributed by atoms with Crippen LogP contribution in [0.1, 0.15) is 45.4 Å². The van der Waals surface area contributed by atoms with E-state index in [1.807, 2.05) is 0 Å². The number of rotatable bonds is 6. The van der Waals surface area contributed by atoms with E-state index in [1.54, 1.807) is 0 Å². The fraction of sp³-hybridized carbons (Fsp3) is 0.778. The summed E-state index contributed by atoms with van der Waals surface area (Å²) >= 11 is 0. The van der Waals surface area contributed by atoms with Gasteiger partial charge < -0.3 is 13.6 Å². The van der Waals surface area contributed by atoms with Crippen molar-refractivity contribution < 1.29 is 18.1 Å². The zero-order chi connectivity index (χ0) is 10.0. The summed E-state index contributed by atoms with van der Waals surface area (Å²) in [5.74, 6) is 0.994. The van der Waals surface area contributed by atoms with E-state index >= 15 is 0 Å². The molecule has 0 radical (unpaired) electrons. The lowest BCUT2D eigenvalue weighted by atomic mass is 10.1. The maximum atomic E-state index is 11.1. The predicted molar refractivity (Wildman–Crippen MR) is 51.3 cm³/mol.